The number of rotatable bonds is 5. The predicted octanol–water partition coefficient (Wildman–Crippen LogP) is 3.24. The lowest BCUT2D eigenvalue weighted by Crippen LogP contribution is -2.31. The van der Waals surface area contributed by atoms with E-state index in [9.17, 15) is 4.79 Å². The number of nitrogens with zero attached hydrogens (tertiary/aromatic N) is 3. The lowest BCUT2D eigenvalue weighted by molar-refractivity contribution is -0.121. The summed E-state index contributed by atoms with van der Waals surface area (Å²) in [6.07, 6.45) is 5.81. The molecule has 4 aromatic rings. The molecular weight excluding hydrogens is 332 g/mol. The van der Waals surface area contributed by atoms with E-state index in [4.69, 9.17) is 0 Å². The first-order valence-electron chi connectivity index (χ1n) is 7.96. The van der Waals surface area contributed by atoms with Crippen LogP contribution in [0.1, 0.15) is 23.0 Å². The smallest absolute Gasteiger partial charge is 0.226 e. The van der Waals surface area contributed by atoms with Crippen molar-refractivity contribution in [3.05, 3.63) is 89.5 Å². The van der Waals surface area contributed by atoms with Crippen LogP contribution in [0.15, 0.2) is 72.5 Å². The molecule has 0 unspecified atom stereocenters. The second kappa shape index (κ2) is 6.86. The Morgan fingerprint density at radius 1 is 1.16 bits per heavy atom. The average molecular weight is 348 g/mol. The van der Waals surface area contributed by atoms with Crippen LogP contribution < -0.4 is 5.32 Å². The van der Waals surface area contributed by atoms with Crippen molar-refractivity contribution in [1.29, 1.82) is 0 Å². The summed E-state index contributed by atoms with van der Waals surface area (Å²) in [5.41, 5.74) is 2.57. The maximum absolute atomic E-state index is 12.6. The van der Waals surface area contributed by atoms with Gasteiger partial charge in [0.1, 0.15) is 0 Å². The van der Waals surface area contributed by atoms with Crippen LogP contribution in [0, 0.1) is 0 Å². The van der Waals surface area contributed by atoms with Gasteiger partial charge in [0.15, 0.2) is 4.96 Å². The van der Waals surface area contributed by atoms with Crippen molar-refractivity contribution in [2.75, 3.05) is 0 Å². The van der Waals surface area contributed by atoms with E-state index in [0.717, 1.165) is 21.9 Å². The van der Waals surface area contributed by atoms with Gasteiger partial charge in [0, 0.05) is 24.0 Å². The van der Waals surface area contributed by atoms with E-state index in [2.05, 4.69) is 15.3 Å². The number of carbonyl (C=O) groups is 1. The highest BCUT2D eigenvalue weighted by molar-refractivity contribution is 7.15. The zero-order chi connectivity index (χ0) is 17.1. The Hall–Kier alpha value is -2.99. The summed E-state index contributed by atoms with van der Waals surface area (Å²) in [6.45, 7) is 0. The minimum Gasteiger partial charge on any atom is -0.343 e. The van der Waals surface area contributed by atoms with Gasteiger partial charge < -0.3 is 5.32 Å². The van der Waals surface area contributed by atoms with Crippen molar-refractivity contribution in [3.8, 4) is 0 Å². The second-order valence-corrected chi connectivity index (χ2v) is 6.54. The van der Waals surface area contributed by atoms with Gasteiger partial charge in [-0.15, -0.1) is 11.3 Å². The molecule has 25 heavy (non-hydrogen) atoms. The molecule has 1 amide bonds. The summed E-state index contributed by atoms with van der Waals surface area (Å²) in [7, 11) is 0. The summed E-state index contributed by atoms with van der Waals surface area (Å²) in [6, 6.07) is 15.3. The molecule has 0 aliphatic rings. The quantitative estimate of drug-likeness (QED) is 0.602. The third-order valence-electron chi connectivity index (χ3n) is 3.91. The number of nitrogens with one attached hydrogen (secondary N) is 1. The van der Waals surface area contributed by atoms with Crippen molar-refractivity contribution in [2.24, 2.45) is 0 Å². The van der Waals surface area contributed by atoms with Gasteiger partial charge in [-0.3, -0.25) is 14.2 Å². The molecule has 1 aromatic carbocycles. The second-order valence-electron chi connectivity index (χ2n) is 5.67. The molecule has 124 valence electrons. The summed E-state index contributed by atoms with van der Waals surface area (Å²) in [4.78, 5) is 22.4. The number of carbonyl (C=O) groups excluding carboxylic acids is 1. The van der Waals surface area contributed by atoms with Crippen LogP contribution in [0.4, 0.5) is 0 Å². The van der Waals surface area contributed by atoms with Crippen molar-refractivity contribution in [1.82, 2.24) is 19.7 Å². The molecule has 1 N–H and O–H groups in total. The lowest BCUT2D eigenvalue weighted by atomic mass is 10.0. The van der Waals surface area contributed by atoms with E-state index in [0.29, 0.717) is 0 Å². The number of thiazole rings is 1. The molecule has 0 aliphatic carbocycles. The SMILES string of the molecule is O=C(Cc1cn2ccsc2n1)N[C@H](c1ccccc1)c1ccccn1. The molecule has 4 rings (SSSR count). The van der Waals surface area contributed by atoms with E-state index >= 15 is 0 Å². The van der Waals surface area contributed by atoms with E-state index in [1.807, 2.05) is 70.7 Å². The maximum Gasteiger partial charge on any atom is 0.226 e. The molecule has 6 heteroatoms. The Bertz CT molecular complexity index is 910. The predicted molar refractivity (Wildman–Crippen MR) is 97.4 cm³/mol. The summed E-state index contributed by atoms with van der Waals surface area (Å²) in [5, 5.41) is 5.06. The molecule has 0 aliphatic heterocycles. The highest BCUT2D eigenvalue weighted by atomic mass is 32.1. The normalized spacial score (nSPS) is 12.2. The summed E-state index contributed by atoms with van der Waals surface area (Å²) in [5.74, 6) is -0.0785. The van der Waals surface area contributed by atoms with Gasteiger partial charge in [-0.05, 0) is 17.7 Å². The molecule has 0 bridgehead atoms. The van der Waals surface area contributed by atoms with Crippen LogP contribution in [-0.4, -0.2) is 20.3 Å². The zero-order valence-corrected chi connectivity index (χ0v) is 14.2. The van der Waals surface area contributed by atoms with Gasteiger partial charge in [0.25, 0.3) is 0 Å². The highest BCUT2D eigenvalue weighted by Gasteiger charge is 2.18. The number of imidazole rings is 1. The molecule has 0 radical (unpaired) electrons. The molecule has 3 aromatic heterocycles. The number of pyridine rings is 1. The Labute approximate surface area is 149 Å². The number of fused-ring (bicyclic) bond motifs is 1. The van der Waals surface area contributed by atoms with Gasteiger partial charge >= 0.3 is 0 Å². The maximum atomic E-state index is 12.6. The minimum atomic E-state index is -0.279. The summed E-state index contributed by atoms with van der Waals surface area (Å²) < 4.78 is 1.93. The Morgan fingerprint density at radius 2 is 2.00 bits per heavy atom. The van der Waals surface area contributed by atoms with Gasteiger partial charge in [0.2, 0.25) is 5.91 Å². The van der Waals surface area contributed by atoms with Gasteiger partial charge in [-0.1, -0.05) is 36.4 Å². The van der Waals surface area contributed by atoms with Crippen molar-refractivity contribution < 1.29 is 4.79 Å². The monoisotopic (exact) mass is 348 g/mol. The molecule has 0 fully saturated rings. The third-order valence-corrected chi connectivity index (χ3v) is 4.68. The van der Waals surface area contributed by atoms with Crippen LogP contribution >= 0.6 is 11.3 Å². The number of hydrogen-bond acceptors (Lipinski definition) is 4. The van der Waals surface area contributed by atoms with Gasteiger partial charge in [-0.2, -0.15) is 0 Å². The number of benzene rings is 1. The third kappa shape index (κ3) is 3.44. The largest absolute Gasteiger partial charge is 0.343 e. The fourth-order valence-corrected chi connectivity index (χ4v) is 3.48. The number of hydrogen-bond donors (Lipinski definition) is 1. The molecule has 0 saturated carbocycles. The van der Waals surface area contributed by atoms with Gasteiger partial charge in [-0.25, -0.2) is 4.98 Å². The first-order chi connectivity index (χ1) is 12.3. The van der Waals surface area contributed by atoms with E-state index < -0.39 is 0 Å². The van der Waals surface area contributed by atoms with Crippen molar-refractivity contribution in [3.63, 3.8) is 0 Å². The minimum absolute atomic E-state index is 0.0785. The topological polar surface area (TPSA) is 59.3 Å². The van der Waals surface area contributed by atoms with Crippen LogP contribution in [0.5, 0.6) is 0 Å². The van der Waals surface area contributed by atoms with Crippen LogP contribution in [0.2, 0.25) is 0 Å². The first kappa shape index (κ1) is 15.5. The van der Waals surface area contributed by atoms with Crippen LogP contribution in [0.3, 0.4) is 0 Å². The Morgan fingerprint density at radius 3 is 2.76 bits per heavy atom. The van der Waals surface area contributed by atoms with Crippen molar-refractivity contribution in [2.45, 2.75) is 12.5 Å². The number of amides is 1. The molecular formula is C19H16N4OS. The zero-order valence-electron chi connectivity index (χ0n) is 13.4. The van der Waals surface area contributed by atoms with Crippen LogP contribution in [-0.2, 0) is 11.2 Å². The van der Waals surface area contributed by atoms with Crippen LogP contribution in [0.25, 0.3) is 4.96 Å². The fourth-order valence-electron chi connectivity index (χ4n) is 2.76. The molecule has 0 spiro atoms. The summed E-state index contributed by atoms with van der Waals surface area (Å²) >= 11 is 1.55. The first-order valence-corrected chi connectivity index (χ1v) is 8.84. The van der Waals surface area contributed by atoms with Gasteiger partial charge in [0.05, 0.1) is 23.9 Å². The van der Waals surface area contributed by atoms with Crippen molar-refractivity contribution >= 4 is 22.2 Å². The fraction of sp³-hybridized carbons (Fsp3) is 0.105. The highest BCUT2D eigenvalue weighted by Crippen LogP contribution is 2.20. The molecule has 0 saturated heterocycles. The van der Waals surface area contributed by atoms with E-state index in [1.165, 1.54) is 0 Å². The van der Waals surface area contributed by atoms with E-state index in [1.54, 1.807) is 17.5 Å². The Kier molecular flexibility index (Phi) is 4.26. The molecule has 5 nitrogen and oxygen atoms in total. The lowest BCUT2D eigenvalue weighted by Gasteiger charge is -2.18. The molecule has 3 heterocycles. The van der Waals surface area contributed by atoms with E-state index in [-0.39, 0.29) is 18.4 Å². The Balaban J connectivity index is 1.55. The standard InChI is InChI=1S/C19H16N4OS/c24-17(12-15-13-23-10-11-25-19(23)21-15)22-18(14-6-2-1-3-7-14)16-8-4-5-9-20-16/h1-11,13,18H,12H2,(H,22,24)/t18-/m1/s1. The number of aromatic nitrogens is 3. The average Bonchev–Trinajstić information content (AvgIpc) is 3.23. The molecule has 1 atom stereocenters.